The summed E-state index contributed by atoms with van der Waals surface area (Å²) in [6.07, 6.45) is 5.15. The zero-order valence-electron chi connectivity index (χ0n) is 18.4. The van der Waals surface area contributed by atoms with Crippen molar-refractivity contribution in [3.8, 4) is 11.1 Å². The van der Waals surface area contributed by atoms with Crippen LogP contribution in [0, 0.1) is 0 Å². The zero-order chi connectivity index (χ0) is 20.9. The molecule has 0 bridgehead atoms. The summed E-state index contributed by atoms with van der Waals surface area (Å²) in [6.45, 7) is 6.85. The minimum atomic E-state index is 0.224. The number of amides is 1. The van der Waals surface area contributed by atoms with Gasteiger partial charge < -0.3 is 14.5 Å². The molecule has 2 aromatic carbocycles. The Morgan fingerprint density at radius 1 is 1.07 bits per heavy atom. The standard InChI is InChI=1S/C26H34N2O2/c1-20-5-3-14-27(20)15-13-21-7-9-22(10-8-21)23-11-12-24-18-28(19-25(24)17-23)26(29)6-4-16-30-2/h7-12,17,20H,3-6,13-16,18-19H2,1-2H3. The van der Waals surface area contributed by atoms with Crippen LogP contribution >= 0.6 is 0 Å². The van der Waals surface area contributed by atoms with Gasteiger partial charge in [0.25, 0.3) is 0 Å². The summed E-state index contributed by atoms with van der Waals surface area (Å²) in [6, 6.07) is 16.4. The fourth-order valence-corrected chi connectivity index (χ4v) is 4.74. The smallest absolute Gasteiger partial charge is 0.223 e. The molecule has 1 fully saturated rings. The molecule has 0 saturated carbocycles. The molecule has 0 N–H and O–H groups in total. The van der Waals surface area contributed by atoms with Gasteiger partial charge in [0.05, 0.1) is 0 Å². The molecule has 2 heterocycles. The van der Waals surface area contributed by atoms with Crippen LogP contribution in [0.3, 0.4) is 0 Å². The van der Waals surface area contributed by atoms with Crippen LogP contribution in [0.2, 0.25) is 0 Å². The maximum absolute atomic E-state index is 12.4. The minimum absolute atomic E-state index is 0.224. The van der Waals surface area contributed by atoms with Crippen LogP contribution in [0.1, 0.15) is 49.3 Å². The summed E-state index contributed by atoms with van der Waals surface area (Å²) < 4.78 is 5.06. The maximum atomic E-state index is 12.4. The van der Waals surface area contributed by atoms with Crippen molar-refractivity contribution in [2.45, 2.75) is 58.2 Å². The molecule has 1 saturated heterocycles. The van der Waals surface area contributed by atoms with Gasteiger partial charge in [-0.05, 0) is 73.0 Å². The van der Waals surface area contributed by atoms with Crippen molar-refractivity contribution in [2.24, 2.45) is 0 Å². The number of nitrogens with zero attached hydrogens (tertiary/aromatic N) is 2. The van der Waals surface area contributed by atoms with Gasteiger partial charge in [-0.2, -0.15) is 0 Å². The molecule has 1 atom stereocenters. The summed E-state index contributed by atoms with van der Waals surface area (Å²) in [5, 5.41) is 0. The number of benzene rings is 2. The van der Waals surface area contributed by atoms with Gasteiger partial charge in [0.1, 0.15) is 0 Å². The molecule has 0 aromatic heterocycles. The van der Waals surface area contributed by atoms with Gasteiger partial charge in [-0.1, -0.05) is 36.4 Å². The molecule has 0 spiro atoms. The van der Waals surface area contributed by atoms with E-state index in [1.807, 2.05) is 4.90 Å². The van der Waals surface area contributed by atoms with Crippen LogP contribution in [0.5, 0.6) is 0 Å². The van der Waals surface area contributed by atoms with Gasteiger partial charge in [-0.3, -0.25) is 4.79 Å². The number of fused-ring (bicyclic) bond motifs is 1. The Hall–Kier alpha value is -2.17. The average Bonchev–Trinajstić information content (AvgIpc) is 3.38. The number of methoxy groups -OCH3 is 1. The van der Waals surface area contributed by atoms with Crippen molar-refractivity contribution in [1.29, 1.82) is 0 Å². The number of rotatable bonds is 8. The molecule has 1 unspecified atom stereocenters. The highest BCUT2D eigenvalue weighted by Gasteiger charge is 2.23. The Bertz CT molecular complexity index is 862. The summed E-state index contributed by atoms with van der Waals surface area (Å²) in [5.74, 6) is 0.224. The first kappa shape index (κ1) is 21.1. The SMILES string of the molecule is COCCCC(=O)N1Cc2ccc(-c3ccc(CCN4CCCC4C)cc3)cc2C1. The van der Waals surface area contributed by atoms with E-state index in [1.165, 1.54) is 47.2 Å². The molecule has 4 nitrogen and oxygen atoms in total. The average molecular weight is 407 g/mol. The lowest BCUT2D eigenvalue weighted by molar-refractivity contribution is -0.132. The molecule has 2 aromatic rings. The number of carbonyl (C=O) groups excluding carboxylic acids is 1. The Balaban J connectivity index is 1.35. The third-order valence-electron chi connectivity index (χ3n) is 6.69. The molecule has 4 heteroatoms. The molecule has 2 aliphatic rings. The lowest BCUT2D eigenvalue weighted by Crippen LogP contribution is -2.28. The van der Waals surface area contributed by atoms with Gasteiger partial charge in [0.2, 0.25) is 5.91 Å². The fourth-order valence-electron chi connectivity index (χ4n) is 4.74. The van der Waals surface area contributed by atoms with E-state index in [9.17, 15) is 4.79 Å². The van der Waals surface area contributed by atoms with Crippen molar-refractivity contribution >= 4 is 5.91 Å². The highest BCUT2D eigenvalue weighted by Crippen LogP contribution is 2.29. The molecule has 160 valence electrons. The first-order valence-corrected chi connectivity index (χ1v) is 11.4. The highest BCUT2D eigenvalue weighted by molar-refractivity contribution is 5.77. The second-order valence-electron chi connectivity index (χ2n) is 8.80. The first-order valence-electron chi connectivity index (χ1n) is 11.4. The predicted octanol–water partition coefficient (Wildman–Crippen LogP) is 4.65. The molecule has 0 aliphatic carbocycles. The van der Waals surface area contributed by atoms with E-state index in [-0.39, 0.29) is 5.91 Å². The van der Waals surface area contributed by atoms with Crippen molar-refractivity contribution in [3.63, 3.8) is 0 Å². The van der Waals surface area contributed by atoms with E-state index < -0.39 is 0 Å². The van der Waals surface area contributed by atoms with Crippen LogP contribution in [-0.4, -0.2) is 48.6 Å². The quantitative estimate of drug-likeness (QED) is 0.598. The molecule has 2 aliphatic heterocycles. The highest BCUT2D eigenvalue weighted by atomic mass is 16.5. The van der Waals surface area contributed by atoms with Crippen molar-refractivity contribution in [3.05, 3.63) is 59.2 Å². The van der Waals surface area contributed by atoms with Crippen molar-refractivity contribution < 1.29 is 9.53 Å². The zero-order valence-corrected chi connectivity index (χ0v) is 18.4. The second kappa shape index (κ2) is 9.76. The van der Waals surface area contributed by atoms with Crippen LogP contribution in [-0.2, 0) is 29.0 Å². The van der Waals surface area contributed by atoms with E-state index in [0.29, 0.717) is 13.0 Å². The Morgan fingerprint density at radius 2 is 1.83 bits per heavy atom. The number of likely N-dealkylation sites (tertiary alicyclic amines) is 1. The van der Waals surface area contributed by atoms with Gasteiger partial charge in [0.15, 0.2) is 0 Å². The summed E-state index contributed by atoms with van der Waals surface area (Å²) in [4.78, 5) is 17.0. The fraction of sp³-hybridized carbons (Fsp3) is 0.500. The number of hydrogen-bond acceptors (Lipinski definition) is 3. The van der Waals surface area contributed by atoms with Gasteiger partial charge in [0, 0.05) is 45.8 Å². The lowest BCUT2D eigenvalue weighted by atomic mass is 9.99. The van der Waals surface area contributed by atoms with Crippen LogP contribution in [0.15, 0.2) is 42.5 Å². The monoisotopic (exact) mass is 406 g/mol. The molecular formula is C26H34N2O2. The normalized spacial score (nSPS) is 18.7. The Labute approximate surface area is 180 Å². The number of carbonyl (C=O) groups is 1. The van der Waals surface area contributed by atoms with Crippen LogP contribution < -0.4 is 0 Å². The minimum Gasteiger partial charge on any atom is -0.385 e. The number of ether oxygens (including phenoxy) is 1. The van der Waals surface area contributed by atoms with Crippen LogP contribution in [0.4, 0.5) is 0 Å². The first-order chi connectivity index (χ1) is 14.6. The lowest BCUT2D eigenvalue weighted by Gasteiger charge is -2.20. The van der Waals surface area contributed by atoms with E-state index in [0.717, 1.165) is 38.5 Å². The predicted molar refractivity (Wildman–Crippen MR) is 121 cm³/mol. The summed E-state index contributed by atoms with van der Waals surface area (Å²) in [5.41, 5.74) is 6.45. The Kier molecular flexibility index (Phi) is 6.86. The van der Waals surface area contributed by atoms with Gasteiger partial charge in [-0.25, -0.2) is 0 Å². The van der Waals surface area contributed by atoms with Crippen LogP contribution in [0.25, 0.3) is 11.1 Å². The van der Waals surface area contributed by atoms with E-state index in [1.54, 1.807) is 7.11 Å². The topological polar surface area (TPSA) is 32.8 Å². The molecule has 0 radical (unpaired) electrons. The number of hydrogen-bond donors (Lipinski definition) is 0. The van der Waals surface area contributed by atoms with Crippen molar-refractivity contribution in [2.75, 3.05) is 26.8 Å². The van der Waals surface area contributed by atoms with E-state index in [2.05, 4.69) is 54.3 Å². The largest absolute Gasteiger partial charge is 0.385 e. The molecule has 4 rings (SSSR count). The molecule has 30 heavy (non-hydrogen) atoms. The van der Waals surface area contributed by atoms with E-state index in [4.69, 9.17) is 4.74 Å². The van der Waals surface area contributed by atoms with Crippen molar-refractivity contribution in [1.82, 2.24) is 9.80 Å². The second-order valence-corrected chi connectivity index (χ2v) is 8.80. The van der Waals surface area contributed by atoms with Gasteiger partial charge >= 0.3 is 0 Å². The van der Waals surface area contributed by atoms with E-state index >= 15 is 0 Å². The third kappa shape index (κ3) is 4.93. The Morgan fingerprint density at radius 3 is 2.57 bits per heavy atom. The summed E-state index contributed by atoms with van der Waals surface area (Å²) >= 11 is 0. The molecule has 1 amide bonds. The molecular weight excluding hydrogens is 372 g/mol. The summed E-state index contributed by atoms with van der Waals surface area (Å²) in [7, 11) is 1.68. The third-order valence-corrected chi connectivity index (χ3v) is 6.69. The maximum Gasteiger partial charge on any atom is 0.223 e. The van der Waals surface area contributed by atoms with Gasteiger partial charge in [-0.15, -0.1) is 0 Å².